The number of aryl methyl sites for hydroxylation is 1. The number of carbonyl (C=O) groups excluding carboxylic acids is 2. The molecule has 0 unspecified atom stereocenters. The first-order valence-corrected chi connectivity index (χ1v) is 9.43. The molecule has 0 radical (unpaired) electrons. The summed E-state index contributed by atoms with van der Waals surface area (Å²) in [5.74, 6) is 0.0632. The molecule has 0 aliphatic carbocycles. The van der Waals surface area contributed by atoms with Gasteiger partial charge in [-0.1, -0.05) is 6.07 Å². The Morgan fingerprint density at radius 2 is 2.00 bits per heavy atom. The maximum atomic E-state index is 12.7. The van der Waals surface area contributed by atoms with Gasteiger partial charge in [-0.05, 0) is 57.7 Å². The third-order valence-corrected chi connectivity index (χ3v) is 4.72. The number of ether oxygens (including phenoxy) is 1. The van der Waals surface area contributed by atoms with Crippen molar-refractivity contribution < 1.29 is 14.3 Å². The van der Waals surface area contributed by atoms with Crippen LogP contribution in [0.2, 0.25) is 0 Å². The van der Waals surface area contributed by atoms with Crippen molar-refractivity contribution in [3.63, 3.8) is 0 Å². The van der Waals surface area contributed by atoms with Crippen LogP contribution in [0.4, 0.5) is 5.69 Å². The summed E-state index contributed by atoms with van der Waals surface area (Å²) in [4.78, 5) is 26.8. The van der Waals surface area contributed by atoms with Crippen LogP contribution in [0.3, 0.4) is 0 Å². The molecule has 1 aromatic carbocycles. The smallest absolute Gasteiger partial charge is 0.254 e. The molecule has 6 nitrogen and oxygen atoms in total. The SMILES string of the molecule is Cc1ccc(N)cc1C(=O)N1CCC(C(=O)NCCCOC(C)C)CC1. The van der Waals surface area contributed by atoms with Gasteiger partial charge in [0.25, 0.3) is 5.91 Å². The molecule has 1 aliphatic heterocycles. The van der Waals surface area contributed by atoms with Crippen LogP contribution in [0.25, 0.3) is 0 Å². The molecule has 6 heteroatoms. The first-order chi connectivity index (χ1) is 12.4. The maximum Gasteiger partial charge on any atom is 0.254 e. The summed E-state index contributed by atoms with van der Waals surface area (Å²) >= 11 is 0. The third-order valence-electron chi connectivity index (χ3n) is 4.72. The Morgan fingerprint density at radius 3 is 2.65 bits per heavy atom. The first-order valence-electron chi connectivity index (χ1n) is 9.43. The number of nitrogen functional groups attached to an aromatic ring is 1. The van der Waals surface area contributed by atoms with E-state index in [1.54, 1.807) is 12.1 Å². The van der Waals surface area contributed by atoms with Gasteiger partial charge in [-0.3, -0.25) is 9.59 Å². The highest BCUT2D eigenvalue weighted by Gasteiger charge is 2.28. The number of hydrogen-bond acceptors (Lipinski definition) is 4. The minimum atomic E-state index is -0.0213. The van der Waals surface area contributed by atoms with Crippen molar-refractivity contribution in [2.24, 2.45) is 5.92 Å². The zero-order valence-corrected chi connectivity index (χ0v) is 16.1. The Balaban J connectivity index is 1.77. The van der Waals surface area contributed by atoms with Gasteiger partial charge in [-0.25, -0.2) is 0 Å². The standard InChI is InChI=1S/C20H31N3O3/c1-14(2)26-12-4-9-22-19(24)16-7-10-23(11-8-16)20(25)18-13-17(21)6-5-15(18)3/h5-6,13-14,16H,4,7-12,21H2,1-3H3,(H,22,24). The van der Waals surface area contributed by atoms with E-state index in [9.17, 15) is 9.59 Å². The lowest BCUT2D eigenvalue weighted by Gasteiger charge is -2.31. The zero-order valence-electron chi connectivity index (χ0n) is 16.1. The van der Waals surface area contributed by atoms with Crippen molar-refractivity contribution in [1.82, 2.24) is 10.2 Å². The second-order valence-corrected chi connectivity index (χ2v) is 7.20. The average Bonchev–Trinajstić information content (AvgIpc) is 2.62. The number of benzene rings is 1. The molecule has 144 valence electrons. The first kappa shape index (κ1) is 20.2. The molecule has 1 saturated heterocycles. The number of piperidine rings is 1. The van der Waals surface area contributed by atoms with E-state index in [0.29, 0.717) is 50.3 Å². The van der Waals surface area contributed by atoms with Crippen LogP contribution >= 0.6 is 0 Å². The molecule has 0 saturated carbocycles. The van der Waals surface area contributed by atoms with Crippen molar-refractivity contribution >= 4 is 17.5 Å². The fraction of sp³-hybridized carbons (Fsp3) is 0.600. The lowest BCUT2D eigenvalue weighted by atomic mass is 9.95. The van der Waals surface area contributed by atoms with Crippen LogP contribution in [0, 0.1) is 12.8 Å². The molecule has 1 aliphatic rings. The van der Waals surface area contributed by atoms with Gasteiger partial charge >= 0.3 is 0 Å². The molecule has 1 heterocycles. The lowest BCUT2D eigenvalue weighted by molar-refractivity contribution is -0.126. The number of anilines is 1. The largest absolute Gasteiger partial charge is 0.399 e. The van der Waals surface area contributed by atoms with E-state index in [-0.39, 0.29) is 23.8 Å². The number of carbonyl (C=O) groups is 2. The molecular formula is C20H31N3O3. The number of rotatable bonds is 7. The average molecular weight is 361 g/mol. The van der Waals surface area contributed by atoms with E-state index in [0.717, 1.165) is 12.0 Å². The van der Waals surface area contributed by atoms with Crippen molar-refractivity contribution in [1.29, 1.82) is 0 Å². The predicted octanol–water partition coefficient (Wildman–Crippen LogP) is 2.36. The molecule has 2 rings (SSSR count). The number of hydrogen-bond donors (Lipinski definition) is 2. The van der Waals surface area contributed by atoms with Gasteiger partial charge in [-0.2, -0.15) is 0 Å². The van der Waals surface area contributed by atoms with Crippen LogP contribution in [-0.2, 0) is 9.53 Å². The summed E-state index contributed by atoms with van der Waals surface area (Å²) in [7, 11) is 0. The molecule has 1 fully saturated rings. The number of nitrogens with two attached hydrogens (primary N) is 1. The van der Waals surface area contributed by atoms with Gasteiger partial charge in [0.1, 0.15) is 0 Å². The predicted molar refractivity (Wildman–Crippen MR) is 103 cm³/mol. The molecule has 2 amide bonds. The van der Waals surface area contributed by atoms with Crippen molar-refractivity contribution in [2.75, 3.05) is 32.0 Å². The van der Waals surface area contributed by atoms with Gasteiger partial charge in [0, 0.05) is 43.4 Å². The summed E-state index contributed by atoms with van der Waals surface area (Å²) in [6.07, 6.45) is 2.43. The van der Waals surface area contributed by atoms with Gasteiger partial charge in [-0.15, -0.1) is 0 Å². The van der Waals surface area contributed by atoms with E-state index in [1.165, 1.54) is 0 Å². The normalized spacial score (nSPS) is 15.3. The van der Waals surface area contributed by atoms with Crippen LogP contribution in [0.1, 0.15) is 49.0 Å². The van der Waals surface area contributed by atoms with Gasteiger partial charge in [0.2, 0.25) is 5.91 Å². The second-order valence-electron chi connectivity index (χ2n) is 7.20. The monoisotopic (exact) mass is 361 g/mol. The molecule has 0 atom stereocenters. The molecule has 1 aromatic rings. The molecule has 0 spiro atoms. The number of nitrogens with one attached hydrogen (secondary N) is 1. The highest BCUT2D eigenvalue weighted by Crippen LogP contribution is 2.21. The Hall–Kier alpha value is -2.08. The minimum absolute atomic E-state index is 0.000470. The van der Waals surface area contributed by atoms with E-state index in [1.807, 2.05) is 31.7 Å². The van der Waals surface area contributed by atoms with Gasteiger partial charge in [0.05, 0.1) is 6.10 Å². The fourth-order valence-corrected chi connectivity index (χ4v) is 3.13. The van der Waals surface area contributed by atoms with Crippen LogP contribution in [0.15, 0.2) is 18.2 Å². The lowest BCUT2D eigenvalue weighted by Crippen LogP contribution is -2.43. The van der Waals surface area contributed by atoms with Gasteiger partial charge in [0.15, 0.2) is 0 Å². The van der Waals surface area contributed by atoms with Crippen molar-refractivity contribution in [2.45, 2.75) is 46.1 Å². The Bertz CT molecular complexity index is 623. The second kappa shape index (κ2) is 9.57. The highest BCUT2D eigenvalue weighted by atomic mass is 16.5. The molecule has 26 heavy (non-hydrogen) atoms. The van der Waals surface area contributed by atoms with Crippen LogP contribution in [0.5, 0.6) is 0 Å². The molecule has 0 bridgehead atoms. The Labute approximate surface area is 156 Å². The van der Waals surface area contributed by atoms with Crippen molar-refractivity contribution in [3.05, 3.63) is 29.3 Å². The van der Waals surface area contributed by atoms with E-state index >= 15 is 0 Å². The van der Waals surface area contributed by atoms with Crippen LogP contribution < -0.4 is 11.1 Å². The fourth-order valence-electron chi connectivity index (χ4n) is 3.13. The zero-order chi connectivity index (χ0) is 19.1. The van der Waals surface area contributed by atoms with E-state index in [2.05, 4.69) is 5.32 Å². The summed E-state index contributed by atoms with van der Waals surface area (Å²) in [5, 5.41) is 2.98. The number of nitrogens with zero attached hydrogens (tertiary/aromatic N) is 1. The summed E-state index contributed by atoms with van der Waals surface area (Å²) < 4.78 is 5.47. The summed E-state index contributed by atoms with van der Waals surface area (Å²) in [6.45, 7) is 8.40. The van der Waals surface area contributed by atoms with Crippen LogP contribution in [-0.4, -0.2) is 49.1 Å². The van der Waals surface area contributed by atoms with E-state index < -0.39 is 0 Å². The highest BCUT2D eigenvalue weighted by molar-refractivity contribution is 5.96. The Kier molecular flexibility index (Phi) is 7.45. The topological polar surface area (TPSA) is 84.7 Å². The van der Waals surface area contributed by atoms with E-state index in [4.69, 9.17) is 10.5 Å². The molecule has 3 N–H and O–H groups in total. The number of likely N-dealkylation sites (tertiary alicyclic amines) is 1. The summed E-state index contributed by atoms with van der Waals surface area (Å²) in [6, 6.07) is 5.40. The van der Waals surface area contributed by atoms with Gasteiger partial charge < -0.3 is 20.7 Å². The number of amides is 2. The quantitative estimate of drug-likeness (QED) is 0.577. The maximum absolute atomic E-state index is 12.7. The molecule has 0 aromatic heterocycles. The van der Waals surface area contributed by atoms with Crippen molar-refractivity contribution in [3.8, 4) is 0 Å². The summed E-state index contributed by atoms with van der Waals surface area (Å²) in [5.41, 5.74) is 7.98. The molecular weight excluding hydrogens is 330 g/mol. The Morgan fingerprint density at radius 1 is 1.31 bits per heavy atom. The minimum Gasteiger partial charge on any atom is -0.399 e. The third kappa shape index (κ3) is 5.73.